The Morgan fingerprint density at radius 1 is 1.12 bits per heavy atom. The third-order valence-electron chi connectivity index (χ3n) is 6.32. The van der Waals surface area contributed by atoms with Gasteiger partial charge in [-0.05, 0) is 68.4 Å². The van der Waals surface area contributed by atoms with E-state index in [2.05, 4.69) is 6.07 Å². The highest BCUT2D eigenvalue weighted by atomic mass is 32.1. The van der Waals surface area contributed by atoms with E-state index in [0.717, 1.165) is 52.6 Å². The molecule has 5 nitrogen and oxygen atoms in total. The monoisotopic (exact) mass is 472 g/mol. The van der Waals surface area contributed by atoms with Crippen molar-refractivity contribution in [3.63, 3.8) is 0 Å². The molecule has 0 aliphatic heterocycles. The third-order valence-corrected chi connectivity index (χ3v) is 7.50. The molecule has 2 aromatic heterocycles. The Morgan fingerprint density at radius 2 is 1.91 bits per heavy atom. The predicted octanol–water partition coefficient (Wildman–Crippen LogP) is 5.93. The van der Waals surface area contributed by atoms with Crippen LogP contribution < -0.4 is 5.56 Å². The van der Waals surface area contributed by atoms with Gasteiger partial charge in [-0.2, -0.15) is 0 Å². The minimum Gasteiger partial charge on any atom is -0.462 e. The summed E-state index contributed by atoms with van der Waals surface area (Å²) < 4.78 is 7.03. The van der Waals surface area contributed by atoms with E-state index in [1.165, 1.54) is 16.9 Å². The molecule has 1 aliphatic rings. The molecule has 0 bridgehead atoms. The van der Waals surface area contributed by atoms with Crippen molar-refractivity contribution in [1.29, 1.82) is 0 Å². The van der Waals surface area contributed by atoms with E-state index in [0.29, 0.717) is 24.5 Å². The lowest BCUT2D eigenvalue weighted by atomic mass is 9.97. The average Bonchev–Trinajstić information content (AvgIpc) is 3.23. The van der Waals surface area contributed by atoms with E-state index in [4.69, 9.17) is 9.72 Å². The van der Waals surface area contributed by atoms with Gasteiger partial charge >= 0.3 is 5.97 Å². The Bertz CT molecular complexity index is 1420. The van der Waals surface area contributed by atoms with Crippen LogP contribution in [0.15, 0.2) is 53.3 Å². The van der Waals surface area contributed by atoms with Crippen LogP contribution >= 0.6 is 11.3 Å². The van der Waals surface area contributed by atoms with Crippen LogP contribution in [0.2, 0.25) is 0 Å². The molecule has 0 unspecified atom stereocenters. The number of carbonyl (C=O) groups excluding carboxylic acids is 1. The van der Waals surface area contributed by atoms with Crippen LogP contribution in [0.5, 0.6) is 0 Å². The van der Waals surface area contributed by atoms with Crippen LogP contribution in [0.25, 0.3) is 21.6 Å². The zero-order valence-corrected chi connectivity index (χ0v) is 20.4. The molecule has 174 valence electrons. The number of hydrogen-bond acceptors (Lipinski definition) is 5. The number of benzene rings is 2. The molecule has 5 rings (SSSR count). The lowest BCUT2D eigenvalue weighted by Gasteiger charge is -2.15. The molecule has 0 saturated carbocycles. The highest BCUT2D eigenvalue weighted by molar-refractivity contribution is 7.18. The summed E-state index contributed by atoms with van der Waals surface area (Å²) >= 11 is 1.68. The molecule has 0 saturated heterocycles. The molecule has 0 atom stereocenters. The summed E-state index contributed by atoms with van der Waals surface area (Å²) in [5.41, 5.74) is 4.73. The van der Waals surface area contributed by atoms with Crippen molar-refractivity contribution < 1.29 is 9.53 Å². The van der Waals surface area contributed by atoms with Gasteiger partial charge in [0.05, 0.1) is 24.1 Å². The van der Waals surface area contributed by atoms with Gasteiger partial charge < -0.3 is 4.74 Å². The fourth-order valence-corrected chi connectivity index (χ4v) is 5.85. The Labute approximate surface area is 203 Å². The average molecular weight is 473 g/mol. The second kappa shape index (κ2) is 9.55. The number of esters is 1. The second-order valence-electron chi connectivity index (χ2n) is 8.92. The van der Waals surface area contributed by atoms with E-state index >= 15 is 0 Å². The van der Waals surface area contributed by atoms with Crippen LogP contribution in [0.4, 0.5) is 0 Å². The molecule has 34 heavy (non-hydrogen) atoms. The number of aromatic nitrogens is 2. The summed E-state index contributed by atoms with van der Waals surface area (Å²) in [6.45, 7) is 4.81. The molecule has 0 spiro atoms. The fraction of sp³-hybridized carbons (Fsp3) is 0.321. The zero-order valence-electron chi connectivity index (χ0n) is 19.6. The van der Waals surface area contributed by atoms with Crippen LogP contribution in [0, 0.1) is 6.92 Å². The lowest BCUT2D eigenvalue weighted by Crippen LogP contribution is -2.24. The molecule has 0 radical (unpaired) electrons. The van der Waals surface area contributed by atoms with Gasteiger partial charge in [-0.25, -0.2) is 9.78 Å². The van der Waals surface area contributed by atoms with Crippen LogP contribution in [0.1, 0.15) is 58.1 Å². The molecule has 0 fully saturated rings. The van der Waals surface area contributed by atoms with Crippen molar-refractivity contribution in [1.82, 2.24) is 9.55 Å². The minimum atomic E-state index is -0.320. The normalized spacial score (nSPS) is 13.1. The second-order valence-corrected chi connectivity index (χ2v) is 10.0. The maximum atomic E-state index is 13.9. The van der Waals surface area contributed by atoms with Crippen molar-refractivity contribution >= 4 is 27.5 Å². The predicted molar refractivity (Wildman–Crippen MR) is 137 cm³/mol. The SMILES string of the molecule is CCCOC(=O)c1ccc(Cn2c(-c3cccc(C)c3)nc3sc4c(c3c2=O)CCCC4)cc1. The Balaban J connectivity index is 1.60. The van der Waals surface area contributed by atoms with Gasteiger partial charge in [0.15, 0.2) is 0 Å². The fourth-order valence-electron chi connectivity index (χ4n) is 4.60. The zero-order chi connectivity index (χ0) is 23.7. The summed E-state index contributed by atoms with van der Waals surface area (Å²) in [5, 5.41) is 0.788. The van der Waals surface area contributed by atoms with E-state index in [1.54, 1.807) is 28.0 Å². The van der Waals surface area contributed by atoms with E-state index in [-0.39, 0.29) is 11.5 Å². The van der Waals surface area contributed by atoms with E-state index in [1.807, 2.05) is 44.2 Å². The van der Waals surface area contributed by atoms with Crippen molar-refractivity contribution in [2.24, 2.45) is 0 Å². The highest BCUT2D eigenvalue weighted by Crippen LogP contribution is 2.35. The number of aryl methyl sites for hydroxylation is 3. The third kappa shape index (κ3) is 4.30. The topological polar surface area (TPSA) is 61.2 Å². The first-order chi connectivity index (χ1) is 16.5. The number of carbonyl (C=O) groups is 1. The Kier molecular flexibility index (Phi) is 6.33. The van der Waals surface area contributed by atoms with Crippen molar-refractivity contribution in [3.8, 4) is 11.4 Å². The van der Waals surface area contributed by atoms with Crippen LogP contribution in [0.3, 0.4) is 0 Å². The van der Waals surface area contributed by atoms with E-state index in [9.17, 15) is 9.59 Å². The first kappa shape index (κ1) is 22.5. The lowest BCUT2D eigenvalue weighted by molar-refractivity contribution is 0.0505. The molecule has 0 amide bonds. The summed E-state index contributed by atoms with van der Waals surface area (Å²) in [5.74, 6) is 0.366. The first-order valence-corrected chi connectivity index (χ1v) is 12.7. The molecule has 0 N–H and O–H groups in total. The molecule has 6 heteroatoms. The maximum absolute atomic E-state index is 13.9. The maximum Gasteiger partial charge on any atom is 0.338 e. The molecule has 2 heterocycles. The molecule has 2 aromatic carbocycles. The van der Waals surface area contributed by atoms with Crippen LogP contribution in [-0.4, -0.2) is 22.1 Å². The molecule has 4 aromatic rings. The largest absolute Gasteiger partial charge is 0.462 e. The molecule has 1 aliphatic carbocycles. The number of nitrogens with zero attached hydrogens (tertiary/aromatic N) is 2. The van der Waals surface area contributed by atoms with Crippen LogP contribution in [-0.2, 0) is 24.1 Å². The summed E-state index contributed by atoms with van der Waals surface area (Å²) in [7, 11) is 0. The summed E-state index contributed by atoms with van der Waals surface area (Å²) in [6.07, 6.45) is 5.06. The minimum absolute atomic E-state index is 0.0207. The number of rotatable bonds is 6. The quantitative estimate of drug-likeness (QED) is 0.327. The number of ether oxygens (including phenoxy) is 1. The smallest absolute Gasteiger partial charge is 0.338 e. The first-order valence-electron chi connectivity index (χ1n) is 11.9. The number of fused-ring (bicyclic) bond motifs is 3. The van der Waals surface area contributed by atoms with Crippen molar-refractivity contribution in [2.45, 2.75) is 52.5 Å². The molecular weight excluding hydrogens is 444 g/mol. The van der Waals surface area contributed by atoms with Gasteiger partial charge in [0.25, 0.3) is 5.56 Å². The molecular formula is C28H28N2O3S. The highest BCUT2D eigenvalue weighted by Gasteiger charge is 2.23. The van der Waals surface area contributed by atoms with Gasteiger partial charge in [0.2, 0.25) is 0 Å². The Hall–Kier alpha value is -3.25. The standard InChI is InChI=1S/C28H28N2O3S/c1-3-15-33-28(32)20-13-11-19(12-14-20)17-30-25(21-8-6-7-18(2)16-21)29-26-24(27(30)31)22-9-4-5-10-23(22)34-26/h6-8,11-14,16H,3-5,9-10,15,17H2,1-2H3. The Morgan fingerprint density at radius 3 is 2.68 bits per heavy atom. The summed E-state index contributed by atoms with van der Waals surface area (Å²) in [4.78, 5) is 33.3. The van der Waals surface area contributed by atoms with Gasteiger partial charge in [-0.15, -0.1) is 11.3 Å². The van der Waals surface area contributed by atoms with Gasteiger partial charge in [-0.3, -0.25) is 9.36 Å². The van der Waals surface area contributed by atoms with Crippen molar-refractivity contribution in [2.75, 3.05) is 6.61 Å². The number of hydrogen-bond donors (Lipinski definition) is 0. The van der Waals surface area contributed by atoms with E-state index < -0.39 is 0 Å². The number of thiophene rings is 1. The van der Waals surface area contributed by atoms with Gasteiger partial charge in [0.1, 0.15) is 10.7 Å². The van der Waals surface area contributed by atoms with Gasteiger partial charge in [0, 0.05) is 10.4 Å². The van der Waals surface area contributed by atoms with Gasteiger partial charge in [-0.1, -0.05) is 42.8 Å². The summed E-state index contributed by atoms with van der Waals surface area (Å²) in [6, 6.07) is 15.4. The van der Waals surface area contributed by atoms with Crippen molar-refractivity contribution in [3.05, 3.63) is 86.0 Å².